The first-order chi connectivity index (χ1) is 9.56. The van der Waals surface area contributed by atoms with Gasteiger partial charge in [0.15, 0.2) is 0 Å². The summed E-state index contributed by atoms with van der Waals surface area (Å²) in [6.07, 6.45) is 0. The molecule has 0 fully saturated rings. The van der Waals surface area contributed by atoms with Crippen LogP contribution in [0, 0.1) is 17.5 Å². The molecule has 0 aliphatic heterocycles. The number of halogens is 3. The first-order valence-electron chi connectivity index (χ1n) is 6.03. The van der Waals surface area contributed by atoms with Crippen LogP contribution in [0.25, 0.3) is 11.1 Å². The van der Waals surface area contributed by atoms with Crippen molar-refractivity contribution in [3.63, 3.8) is 0 Å². The van der Waals surface area contributed by atoms with Gasteiger partial charge in [-0.15, -0.1) is 0 Å². The van der Waals surface area contributed by atoms with Crippen LogP contribution < -0.4 is 10.1 Å². The van der Waals surface area contributed by atoms with Crippen LogP contribution in [-0.4, -0.2) is 14.2 Å². The van der Waals surface area contributed by atoms with Gasteiger partial charge in [-0.2, -0.15) is 0 Å². The molecule has 1 N–H and O–H groups in total. The molecule has 0 spiro atoms. The molecule has 0 unspecified atom stereocenters. The van der Waals surface area contributed by atoms with E-state index in [1.807, 2.05) is 0 Å². The highest BCUT2D eigenvalue weighted by molar-refractivity contribution is 5.67. The molecule has 0 radical (unpaired) electrons. The maximum Gasteiger partial charge on any atom is 0.137 e. The van der Waals surface area contributed by atoms with Gasteiger partial charge in [-0.1, -0.05) is 6.07 Å². The molecule has 0 amide bonds. The zero-order valence-electron chi connectivity index (χ0n) is 11.1. The summed E-state index contributed by atoms with van der Waals surface area (Å²) >= 11 is 0. The standard InChI is InChI=1S/C15H14F3NO/c1-19-8-9-3-4-12(16)11(5-9)15-13(17)6-10(20-2)7-14(15)18/h3-7,19H,8H2,1-2H3. The largest absolute Gasteiger partial charge is 0.497 e. The molecule has 106 valence electrons. The Labute approximate surface area is 115 Å². The normalized spacial score (nSPS) is 10.7. The lowest BCUT2D eigenvalue weighted by Crippen LogP contribution is -2.05. The fraction of sp³-hybridized carbons (Fsp3) is 0.200. The summed E-state index contributed by atoms with van der Waals surface area (Å²) in [6, 6.07) is 6.25. The van der Waals surface area contributed by atoms with Gasteiger partial charge in [-0.3, -0.25) is 0 Å². The summed E-state index contributed by atoms with van der Waals surface area (Å²) in [7, 11) is 3.04. The molecule has 0 saturated heterocycles. The molecular weight excluding hydrogens is 267 g/mol. The predicted octanol–water partition coefficient (Wildman–Crippen LogP) is 3.50. The highest BCUT2D eigenvalue weighted by Crippen LogP contribution is 2.32. The van der Waals surface area contributed by atoms with Crippen molar-refractivity contribution in [2.75, 3.05) is 14.2 Å². The maximum atomic E-state index is 14.0. The Bertz CT molecular complexity index is 606. The number of methoxy groups -OCH3 is 1. The summed E-state index contributed by atoms with van der Waals surface area (Å²) < 4.78 is 46.6. The highest BCUT2D eigenvalue weighted by atomic mass is 19.1. The Balaban J connectivity index is 2.58. The molecule has 0 heterocycles. The second-order valence-corrected chi connectivity index (χ2v) is 4.31. The molecule has 0 aromatic heterocycles. The van der Waals surface area contributed by atoms with E-state index < -0.39 is 17.5 Å². The molecule has 5 heteroatoms. The zero-order chi connectivity index (χ0) is 14.7. The third-order valence-electron chi connectivity index (χ3n) is 2.93. The third kappa shape index (κ3) is 2.77. The van der Waals surface area contributed by atoms with Gasteiger partial charge in [0.1, 0.15) is 23.2 Å². The van der Waals surface area contributed by atoms with Crippen molar-refractivity contribution in [1.29, 1.82) is 0 Å². The predicted molar refractivity (Wildman–Crippen MR) is 71.1 cm³/mol. The average Bonchev–Trinajstić information content (AvgIpc) is 2.41. The molecule has 0 atom stereocenters. The second-order valence-electron chi connectivity index (χ2n) is 4.31. The lowest BCUT2D eigenvalue weighted by Gasteiger charge is -2.10. The lowest BCUT2D eigenvalue weighted by atomic mass is 10.0. The van der Waals surface area contributed by atoms with Crippen molar-refractivity contribution >= 4 is 0 Å². The van der Waals surface area contributed by atoms with Gasteiger partial charge in [0.2, 0.25) is 0 Å². The lowest BCUT2D eigenvalue weighted by molar-refractivity contribution is 0.407. The minimum atomic E-state index is -0.859. The first kappa shape index (κ1) is 14.4. The number of hydrogen-bond donors (Lipinski definition) is 1. The van der Waals surface area contributed by atoms with Crippen LogP contribution in [0.4, 0.5) is 13.2 Å². The Kier molecular flexibility index (Phi) is 4.29. The number of rotatable bonds is 4. The summed E-state index contributed by atoms with van der Waals surface area (Å²) in [6.45, 7) is 0.479. The van der Waals surface area contributed by atoms with E-state index in [0.717, 1.165) is 17.7 Å². The first-order valence-corrected chi connectivity index (χ1v) is 6.03. The van der Waals surface area contributed by atoms with Crippen LogP contribution in [0.3, 0.4) is 0 Å². The molecule has 0 aliphatic carbocycles. The maximum absolute atomic E-state index is 14.0. The fourth-order valence-corrected chi connectivity index (χ4v) is 2.00. The molecular formula is C15H14F3NO. The van der Waals surface area contributed by atoms with Crippen molar-refractivity contribution < 1.29 is 17.9 Å². The smallest absolute Gasteiger partial charge is 0.137 e. The Hall–Kier alpha value is -2.01. The van der Waals surface area contributed by atoms with Crippen LogP contribution >= 0.6 is 0 Å². The number of nitrogens with one attached hydrogen (secondary N) is 1. The minimum Gasteiger partial charge on any atom is -0.497 e. The molecule has 0 bridgehead atoms. The average molecular weight is 281 g/mol. The number of ether oxygens (including phenoxy) is 1. The summed E-state index contributed by atoms with van der Waals surface area (Å²) in [4.78, 5) is 0. The van der Waals surface area contributed by atoms with Gasteiger partial charge >= 0.3 is 0 Å². The van der Waals surface area contributed by atoms with Crippen molar-refractivity contribution in [3.8, 4) is 16.9 Å². The minimum absolute atomic E-state index is 0.0514. The molecule has 2 aromatic carbocycles. The van der Waals surface area contributed by atoms with E-state index in [-0.39, 0.29) is 16.9 Å². The summed E-state index contributed by atoms with van der Waals surface area (Å²) in [5.41, 5.74) is 0.246. The molecule has 0 saturated carbocycles. The van der Waals surface area contributed by atoms with Crippen molar-refractivity contribution in [3.05, 3.63) is 53.3 Å². The van der Waals surface area contributed by atoms with Gasteiger partial charge < -0.3 is 10.1 Å². The van der Waals surface area contributed by atoms with E-state index in [2.05, 4.69) is 5.32 Å². The van der Waals surface area contributed by atoms with Crippen molar-refractivity contribution in [2.24, 2.45) is 0 Å². The zero-order valence-corrected chi connectivity index (χ0v) is 11.1. The van der Waals surface area contributed by atoms with Crippen LogP contribution in [0.15, 0.2) is 30.3 Å². The van der Waals surface area contributed by atoms with Crippen molar-refractivity contribution in [1.82, 2.24) is 5.32 Å². The van der Waals surface area contributed by atoms with Gasteiger partial charge in [0, 0.05) is 24.2 Å². The molecule has 0 aliphatic rings. The van der Waals surface area contributed by atoms with E-state index in [9.17, 15) is 13.2 Å². The third-order valence-corrected chi connectivity index (χ3v) is 2.93. The van der Waals surface area contributed by atoms with Crippen LogP contribution in [0.1, 0.15) is 5.56 Å². The van der Waals surface area contributed by atoms with E-state index >= 15 is 0 Å². The van der Waals surface area contributed by atoms with Crippen LogP contribution in [0.2, 0.25) is 0 Å². The monoisotopic (exact) mass is 281 g/mol. The number of benzene rings is 2. The van der Waals surface area contributed by atoms with E-state index in [1.165, 1.54) is 19.2 Å². The topological polar surface area (TPSA) is 21.3 Å². The highest BCUT2D eigenvalue weighted by Gasteiger charge is 2.17. The fourth-order valence-electron chi connectivity index (χ4n) is 2.00. The second kappa shape index (κ2) is 5.96. The van der Waals surface area contributed by atoms with Crippen LogP contribution in [0.5, 0.6) is 5.75 Å². The van der Waals surface area contributed by atoms with Crippen molar-refractivity contribution in [2.45, 2.75) is 6.54 Å². The van der Waals surface area contributed by atoms with E-state index in [0.29, 0.717) is 6.54 Å². The van der Waals surface area contributed by atoms with Gasteiger partial charge in [-0.25, -0.2) is 13.2 Å². The summed E-state index contributed by atoms with van der Waals surface area (Å²) in [5, 5.41) is 2.90. The van der Waals surface area contributed by atoms with Gasteiger partial charge in [0.05, 0.1) is 12.7 Å². The van der Waals surface area contributed by atoms with E-state index in [4.69, 9.17) is 4.74 Å². The summed E-state index contributed by atoms with van der Waals surface area (Å²) in [5.74, 6) is -2.34. The Morgan fingerprint density at radius 1 is 1.00 bits per heavy atom. The number of hydrogen-bond acceptors (Lipinski definition) is 2. The SMILES string of the molecule is CNCc1ccc(F)c(-c2c(F)cc(OC)cc2F)c1. The Morgan fingerprint density at radius 2 is 1.65 bits per heavy atom. The molecule has 2 rings (SSSR count). The molecule has 2 nitrogen and oxygen atoms in total. The molecule has 2 aromatic rings. The van der Waals surface area contributed by atoms with Gasteiger partial charge in [0.25, 0.3) is 0 Å². The Morgan fingerprint density at radius 3 is 2.20 bits per heavy atom. The molecule has 20 heavy (non-hydrogen) atoms. The van der Waals surface area contributed by atoms with E-state index in [1.54, 1.807) is 13.1 Å². The van der Waals surface area contributed by atoms with Crippen LogP contribution in [-0.2, 0) is 6.54 Å². The van der Waals surface area contributed by atoms with Gasteiger partial charge in [-0.05, 0) is 24.7 Å². The quantitative estimate of drug-likeness (QED) is 0.926.